The summed E-state index contributed by atoms with van der Waals surface area (Å²) in [6.07, 6.45) is -0.480. The van der Waals surface area contributed by atoms with Gasteiger partial charge >= 0.3 is 6.09 Å². The maximum atomic E-state index is 15.3. The molecule has 1 aromatic heterocycles. The van der Waals surface area contributed by atoms with Gasteiger partial charge in [0.05, 0.1) is 31.2 Å². The molecule has 1 saturated carbocycles. The molecule has 10 heteroatoms. The summed E-state index contributed by atoms with van der Waals surface area (Å²) >= 11 is 1.36. The fourth-order valence-corrected chi connectivity index (χ4v) is 6.50. The molecular formula is C30H34FN3O5S. The first-order chi connectivity index (χ1) is 19.6. The minimum absolute atomic E-state index is 0.00263. The van der Waals surface area contributed by atoms with Gasteiger partial charge in [0.25, 0.3) is 0 Å². The van der Waals surface area contributed by atoms with E-state index in [4.69, 9.17) is 19.3 Å². The zero-order valence-corrected chi connectivity index (χ0v) is 23.1. The quantitative estimate of drug-likeness (QED) is 0.387. The lowest BCUT2D eigenvalue weighted by molar-refractivity contribution is 0.122. The number of piperidine rings is 1. The molecule has 0 bridgehead atoms. The Kier molecular flexibility index (Phi) is 8.20. The number of benzene rings is 2. The molecule has 3 aromatic rings. The topological polar surface area (TPSA) is 74.7 Å². The molecule has 2 saturated heterocycles. The van der Waals surface area contributed by atoms with E-state index >= 15 is 4.39 Å². The molecule has 6 rings (SSSR count). The van der Waals surface area contributed by atoms with Crippen LogP contribution in [-0.4, -0.2) is 75.3 Å². The molecule has 2 aliphatic heterocycles. The molecule has 2 aromatic carbocycles. The summed E-state index contributed by atoms with van der Waals surface area (Å²) in [5, 5.41) is 11.3. The first-order valence-electron chi connectivity index (χ1n) is 13.8. The number of fused-ring (bicyclic) bond motifs is 1. The normalized spacial score (nSPS) is 22.1. The van der Waals surface area contributed by atoms with E-state index in [2.05, 4.69) is 17.0 Å². The molecule has 8 nitrogen and oxygen atoms in total. The first kappa shape index (κ1) is 27.0. The van der Waals surface area contributed by atoms with Crippen LogP contribution in [0, 0.1) is 23.6 Å². The van der Waals surface area contributed by atoms with Crippen molar-refractivity contribution < 1.29 is 28.5 Å². The van der Waals surface area contributed by atoms with Crippen molar-refractivity contribution in [3.63, 3.8) is 0 Å². The molecule has 0 radical (unpaired) electrons. The van der Waals surface area contributed by atoms with Gasteiger partial charge < -0.3 is 24.2 Å². The van der Waals surface area contributed by atoms with Gasteiger partial charge in [-0.1, -0.05) is 12.1 Å². The molecule has 1 amide bonds. The molecule has 40 heavy (non-hydrogen) atoms. The van der Waals surface area contributed by atoms with Crippen molar-refractivity contribution in [2.24, 2.45) is 17.8 Å². The largest absolute Gasteiger partial charge is 0.491 e. The van der Waals surface area contributed by atoms with Gasteiger partial charge in [-0.05, 0) is 71.2 Å². The van der Waals surface area contributed by atoms with Gasteiger partial charge in [-0.25, -0.2) is 9.18 Å². The third-order valence-corrected chi connectivity index (χ3v) is 8.77. The summed E-state index contributed by atoms with van der Waals surface area (Å²) in [7, 11) is 0. The number of halogens is 1. The average Bonchev–Trinajstić information content (AvgIpc) is 3.31. The Morgan fingerprint density at radius 1 is 1.10 bits per heavy atom. The van der Waals surface area contributed by atoms with Crippen LogP contribution >= 0.6 is 11.3 Å². The van der Waals surface area contributed by atoms with E-state index in [0.29, 0.717) is 73.6 Å². The molecule has 2 unspecified atom stereocenters. The van der Waals surface area contributed by atoms with Gasteiger partial charge in [-0.3, -0.25) is 9.80 Å². The minimum atomic E-state index is -0.480. The number of ether oxygens (including phenoxy) is 3. The number of hydrogen-bond acceptors (Lipinski definition) is 8. The number of anilines is 2. The number of amides is 1. The van der Waals surface area contributed by atoms with Crippen molar-refractivity contribution in [3.05, 3.63) is 71.4 Å². The van der Waals surface area contributed by atoms with Crippen LogP contribution in [0.15, 0.2) is 60.0 Å². The monoisotopic (exact) mass is 567 g/mol. The van der Waals surface area contributed by atoms with Crippen molar-refractivity contribution in [2.45, 2.75) is 6.54 Å². The second-order valence-corrected chi connectivity index (χ2v) is 11.5. The average molecular weight is 568 g/mol. The number of aliphatic hydroxyl groups excluding tert-OH is 1. The molecule has 212 valence electrons. The molecule has 3 heterocycles. The number of carbonyl (C=O) groups is 1. The van der Waals surface area contributed by atoms with Crippen molar-refractivity contribution in [1.29, 1.82) is 0 Å². The van der Waals surface area contributed by atoms with Crippen LogP contribution in [-0.2, 0) is 11.3 Å². The number of likely N-dealkylation sites (tertiary alicyclic amines) is 1. The Bertz CT molecular complexity index is 1270. The Morgan fingerprint density at radius 2 is 1.88 bits per heavy atom. The van der Waals surface area contributed by atoms with Gasteiger partial charge in [0.1, 0.15) is 18.2 Å². The minimum Gasteiger partial charge on any atom is -0.491 e. The van der Waals surface area contributed by atoms with Crippen molar-refractivity contribution in [3.8, 4) is 10.8 Å². The number of carbonyl (C=O) groups excluding carboxylic acids is 1. The van der Waals surface area contributed by atoms with E-state index in [1.165, 1.54) is 23.0 Å². The zero-order chi connectivity index (χ0) is 27.5. The summed E-state index contributed by atoms with van der Waals surface area (Å²) in [5.41, 5.74) is 2.26. The predicted octanol–water partition coefficient (Wildman–Crippen LogP) is 4.48. The van der Waals surface area contributed by atoms with Gasteiger partial charge in [0, 0.05) is 39.3 Å². The molecule has 3 aliphatic rings. The van der Waals surface area contributed by atoms with Gasteiger partial charge in [-0.2, -0.15) is 0 Å². The maximum Gasteiger partial charge on any atom is 0.420 e. The number of thiophene rings is 1. The Balaban J connectivity index is 1.10. The van der Waals surface area contributed by atoms with Crippen LogP contribution in [0.25, 0.3) is 0 Å². The third-order valence-electron chi connectivity index (χ3n) is 8.03. The predicted molar refractivity (Wildman–Crippen MR) is 152 cm³/mol. The SMILES string of the molecule is O=C(Oc1cccs1)N(CC1C2CN(Cc3ccc(OCCO)cc3)CC21)c1ccc(N2CCOCC2)c(F)c1. The van der Waals surface area contributed by atoms with Gasteiger partial charge in [0.2, 0.25) is 0 Å². The van der Waals surface area contributed by atoms with Crippen LogP contribution < -0.4 is 19.3 Å². The molecule has 1 aliphatic carbocycles. The first-order valence-corrected chi connectivity index (χ1v) is 14.7. The lowest BCUT2D eigenvalue weighted by Crippen LogP contribution is -2.38. The smallest absolute Gasteiger partial charge is 0.420 e. The molecule has 0 spiro atoms. The third kappa shape index (κ3) is 6.10. The standard InChI is InChI=1S/C30H34FN3O5S/c31-27-16-22(5-8-28(27)33-9-12-37-13-10-33)34(30(36)39-29-2-1-15-40-29)20-26-24-18-32(19-25(24)26)17-21-3-6-23(7-4-21)38-14-11-35/h1-8,15-16,24-26,35H,9-14,17-20H2. The highest BCUT2D eigenvalue weighted by Crippen LogP contribution is 2.52. The van der Waals surface area contributed by atoms with Crippen LogP contribution in [0.5, 0.6) is 10.8 Å². The van der Waals surface area contributed by atoms with Crippen LogP contribution in [0.3, 0.4) is 0 Å². The number of rotatable bonds is 10. The highest BCUT2D eigenvalue weighted by atomic mass is 32.1. The fraction of sp³-hybridized carbons (Fsp3) is 0.433. The molecule has 3 fully saturated rings. The van der Waals surface area contributed by atoms with Crippen molar-refractivity contribution >= 4 is 28.8 Å². The summed E-state index contributed by atoms with van der Waals surface area (Å²) in [4.78, 5) is 19.3. The highest BCUT2D eigenvalue weighted by Gasteiger charge is 2.56. The summed E-state index contributed by atoms with van der Waals surface area (Å²) in [6, 6.07) is 16.6. The summed E-state index contributed by atoms with van der Waals surface area (Å²) < 4.78 is 31.8. The lowest BCUT2D eigenvalue weighted by Gasteiger charge is -2.30. The van der Waals surface area contributed by atoms with Crippen LogP contribution in [0.2, 0.25) is 0 Å². The van der Waals surface area contributed by atoms with E-state index in [1.54, 1.807) is 17.0 Å². The zero-order valence-electron chi connectivity index (χ0n) is 22.3. The number of nitrogens with zero attached hydrogens (tertiary/aromatic N) is 3. The highest BCUT2D eigenvalue weighted by molar-refractivity contribution is 7.11. The van der Waals surface area contributed by atoms with E-state index in [9.17, 15) is 4.79 Å². The Labute approximate surface area is 237 Å². The molecular weight excluding hydrogens is 533 g/mol. The molecule has 2 atom stereocenters. The fourth-order valence-electron chi connectivity index (χ4n) is 5.93. The number of aliphatic hydroxyl groups is 1. The van der Waals surface area contributed by atoms with Crippen molar-refractivity contribution in [1.82, 2.24) is 4.90 Å². The maximum absolute atomic E-state index is 15.3. The Morgan fingerprint density at radius 3 is 2.55 bits per heavy atom. The van der Waals surface area contributed by atoms with E-state index in [1.807, 2.05) is 34.5 Å². The summed E-state index contributed by atoms with van der Waals surface area (Å²) in [6.45, 7) is 6.02. The Hall–Kier alpha value is -3.18. The van der Waals surface area contributed by atoms with E-state index in [0.717, 1.165) is 25.4 Å². The summed E-state index contributed by atoms with van der Waals surface area (Å²) in [5.74, 6) is 1.76. The van der Waals surface area contributed by atoms with Crippen LogP contribution in [0.4, 0.5) is 20.6 Å². The van der Waals surface area contributed by atoms with E-state index in [-0.39, 0.29) is 12.4 Å². The number of morpholine rings is 1. The molecule has 1 N–H and O–H groups in total. The van der Waals surface area contributed by atoms with Gasteiger partial charge in [0.15, 0.2) is 5.06 Å². The number of hydrogen-bond donors (Lipinski definition) is 1. The van der Waals surface area contributed by atoms with Crippen molar-refractivity contribution in [2.75, 3.05) is 69.0 Å². The lowest BCUT2D eigenvalue weighted by atomic mass is 10.1. The second kappa shape index (κ2) is 12.1. The second-order valence-electron chi connectivity index (χ2n) is 10.5. The van der Waals surface area contributed by atoms with Crippen LogP contribution in [0.1, 0.15) is 5.56 Å². The van der Waals surface area contributed by atoms with Gasteiger partial charge in [-0.15, -0.1) is 11.3 Å². The van der Waals surface area contributed by atoms with E-state index < -0.39 is 6.09 Å².